The first kappa shape index (κ1) is 21.3. The Labute approximate surface area is 181 Å². The van der Waals surface area contributed by atoms with E-state index in [1.165, 1.54) is 30.6 Å². The molecule has 0 saturated heterocycles. The summed E-state index contributed by atoms with van der Waals surface area (Å²) < 4.78 is 10.5. The van der Waals surface area contributed by atoms with E-state index < -0.39 is 11.9 Å². The molecule has 2 saturated carbocycles. The summed E-state index contributed by atoms with van der Waals surface area (Å²) in [5.41, 5.74) is 1.48. The van der Waals surface area contributed by atoms with Gasteiger partial charge in [-0.2, -0.15) is 0 Å². The number of anilines is 1. The van der Waals surface area contributed by atoms with Crippen LogP contribution in [-0.4, -0.2) is 31.1 Å². The van der Waals surface area contributed by atoms with E-state index in [0.717, 1.165) is 42.0 Å². The van der Waals surface area contributed by atoms with Gasteiger partial charge in [0.2, 0.25) is 0 Å². The second-order valence-corrected chi connectivity index (χ2v) is 10.2. The summed E-state index contributed by atoms with van der Waals surface area (Å²) in [6, 6.07) is 0. The Balaban J connectivity index is 1.35. The number of thiophene rings is 1. The van der Waals surface area contributed by atoms with Gasteiger partial charge in [-0.15, -0.1) is 11.3 Å². The molecule has 3 aliphatic rings. The van der Waals surface area contributed by atoms with Crippen molar-refractivity contribution in [2.24, 2.45) is 23.7 Å². The average Bonchev–Trinajstić information content (AvgIpc) is 3.40. The fourth-order valence-electron chi connectivity index (χ4n) is 5.47. The van der Waals surface area contributed by atoms with Crippen LogP contribution in [-0.2, 0) is 31.9 Å². The van der Waals surface area contributed by atoms with E-state index >= 15 is 0 Å². The summed E-state index contributed by atoms with van der Waals surface area (Å²) in [4.78, 5) is 38.3. The molecular weight excluding hydrogens is 402 g/mol. The summed E-state index contributed by atoms with van der Waals surface area (Å²) >= 11 is 1.44. The normalized spacial score (nSPS) is 26.9. The topological polar surface area (TPSA) is 81.7 Å². The Bertz CT molecular complexity index is 832. The number of nitrogens with one attached hydrogen (secondary N) is 1. The molecule has 0 aliphatic heterocycles. The van der Waals surface area contributed by atoms with Crippen LogP contribution in [0.15, 0.2) is 0 Å². The summed E-state index contributed by atoms with van der Waals surface area (Å²) in [6.07, 6.45) is 8.03. The number of hydrogen-bond donors (Lipinski definition) is 1. The smallest absolute Gasteiger partial charge is 0.341 e. The zero-order valence-electron chi connectivity index (χ0n) is 17.8. The maximum Gasteiger partial charge on any atom is 0.341 e. The number of amides is 1. The van der Waals surface area contributed by atoms with E-state index in [1.54, 1.807) is 6.92 Å². The van der Waals surface area contributed by atoms with Gasteiger partial charge >= 0.3 is 11.9 Å². The third kappa shape index (κ3) is 4.56. The Morgan fingerprint density at radius 1 is 1.13 bits per heavy atom. The minimum atomic E-state index is -0.409. The maximum absolute atomic E-state index is 12.5. The first-order valence-electron chi connectivity index (χ1n) is 11.2. The minimum absolute atomic E-state index is 0.286. The third-order valence-corrected chi connectivity index (χ3v) is 8.09. The van der Waals surface area contributed by atoms with Gasteiger partial charge in [-0.25, -0.2) is 4.79 Å². The second-order valence-electron chi connectivity index (χ2n) is 9.12. The highest BCUT2D eigenvalue weighted by molar-refractivity contribution is 7.17. The average molecular weight is 434 g/mol. The van der Waals surface area contributed by atoms with E-state index in [9.17, 15) is 14.4 Å². The van der Waals surface area contributed by atoms with Gasteiger partial charge in [0, 0.05) is 11.3 Å². The fourth-order valence-corrected chi connectivity index (χ4v) is 6.88. The van der Waals surface area contributed by atoms with Crippen LogP contribution in [0.25, 0.3) is 0 Å². The molecule has 1 heterocycles. The number of carbonyl (C=O) groups is 3. The van der Waals surface area contributed by atoms with E-state index in [1.807, 2.05) is 0 Å². The lowest BCUT2D eigenvalue weighted by atomic mass is 9.86. The van der Waals surface area contributed by atoms with Crippen LogP contribution in [0.3, 0.4) is 0 Å². The molecule has 30 heavy (non-hydrogen) atoms. The van der Waals surface area contributed by atoms with Crippen LogP contribution < -0.4 is 5.32 Å². The zero-order valence-corrected chi connectivity index (χ0v) is 18.6. The standard InChI is InChI=1S/C23H31NO5S/c1-3-28-23(27)21-17-7-4-13(2)8-18(17)30-22(21)24-19(25)12-29-20(26)11-16-10-14-5-6-15(16)9-14/h13-16H,3-12H2,1-2H3,(H,24,25)/t13-,14-,15-,16+/m1/s1. The van der Waals surface area contributed by atoms with Crippen molar-refractivity contribution in [3.63, 3.8) is 0 Å². The number of fused-ring (bicyclic) bond motifs is 3. The Morgan fingerprint density at radius 3 is 2.67 bits per heavy atom. The highest BCUT2D eigenvalue weighted by Gasteiger charge is 2.40. The molecular formula is C23H31NO5S. The maximum atomic E-state index is 12.5. The molecule has 2 bridgehead atoms. The molecule has 0 aromatic carbocycles. The van der Waals surface area contributed by atoms with Crippen molar-refractivity contribution in [2.45, 2.75) is 65.2 Å². The molecule has 3 aliphatic carbocycles. The summed E-state index contributed by atoms with van der Waals surface area (Å²) in [5, 5.41) is 3.31. The lowest BCUT2D eigenvalue weighted by Gasteiger charge is -2.20. The lowest BCUT2D eigenvalue weighted by Crippen LogP contribution is -2.23. The van der Waals surface area contributed by atoms with Crippen LogP contribution in [0, 0.1) is 23.7 Å². The van der Waals surface area contributed by atoms with Crippen LogP contribution in [0.5, 0.6) is 0 Å². The van der Waals surface area contributed by atoms with Crippen LogP contribution in [0.4, 0.5) is 5.00 Å². The molecule has 4 atom stereocenters. The largest absolute Gasteiger partial charge is 0.462 e. The van der Waals surface area contributed by atoms with Gasteiger partial charge in [0.1, 0.15) is 5.00 Å². The fraction of sp³-hybridized carbons (Fsp3) is 0.696. The molecule has 7 heteroatoms. The van der Waals surface area contributed by atoms with Crippen molar-refractivity contribution in [3.05, 3.63) is 16.0 Å². The number of rotatable bonds is 7. The van der Waals surface area contributed by atoms with Gasteiger partial charge in [-0.3, -0.25) is 9.59 Å². The molecule has 0 spiro atoms. The van der Waals surface area contributed by atoms with Gasteiger partial charge in [0.25, 0.3) is 5.91 Å². The van der Waals surface area contributed by atoms with Crippen molar-refractivity contribution in [3.8, 4) is 0 Å². The molecule has 6 nitrogen and oxygen atoms in total. The van der Waals surface area contributed by atoms with Crippen molar-refractivity contribution in [1.82, 2.24) is 0 Å². The van der Waals surface area contributed by atoms with E-state index in [-0.39, 0.29) is 19.2 Å². The van der Waals surface area contributed by atoms with Crippen molar-refractivity contribution < 1.29 is 23.9 Å². The summed E-state index contributed by atoms with van der Waals surface area (Å²) in [7, 11) is 0. The SMILES string of the molecule is CCOC(=O)c1c(NC(=O)COC(=O)C[C@@H]2C[C@@H]3CC[C@@H]2C3)sc2c1CC[C@@H](C)C2. The Morgan fingerprint density at radius 2 is 1.97 bits per heavy atom. The molecule has 1 aromatic rings. The Hall–Kier alpha value is -1.89. The zero-order chi connectivity index (χ0) is 21.3. The van der Waals surface area contributed by atoms with Crippen molar-refractivity contribution in [1.29, 1.82) is 0 Å². The lowest BCUT2D eigenvalue weighted by molar-refractivity contribution is -0.148. The molecule has 1 N–H and O–H groups in total. The van der Waals surface area contributed by atoms with Crippen molar-refractivity contribution >= 4 is 34.2 Å². The predicted molar refractivity (Wildman–Crippen MR) is 115 cm³/mol. The van der Waals surface area contributed by atoms with Gasteiger partial charge in [-0.1, -0.05) is 13.3 Å². The predicted octanol–water partition coefficient (Wildman–Crippen LogP) is 4.36. The van der Waals surface area contributed by atoms with E-state index in [4.69, 9.17) is 9.47 Å². The highest BCUT2D eigenvalue weighted by atomic mass is 32.1. The monoisotopic (exact) mass is 433 g/mol. The van der Waals surface area contributed by atoms with Crippen molar-refractivity contribution in [2.75, 3.05) is 18.5 Å². The number of carbonyl (C=O) groups excluding carboxylic acids is 3. The quantitative estimate of drug-likeness (QED) is 0.646. The van der Waals surface area contributed by atoms with Gasteiger partial charge in [0.15, 0.2) is 6.61 Å². The Kier molecular flexibility index (Phi) is 6.46. The first-order valence-corrected chi connectivity index (χ1v) is 12.0. The number of ether oxygens (including phenoxy) is 2. The molecule has 4 rings (SSSR count). The van der Waals surface area contributed by atoms with Crippen LogP contribution >= 0.6 is 11.3 Å². The van der Waals surface area contributed by atoms with Crippen LogP contribution in [0.1, 0.15) is 73.2 Å². The van der Waals surface area contributed by atoms with E-state index in [2.05, 4.69) is 12.2 Å². The second kappa shape index (κ2) is 9.08. The van der Waals surface area contributed by atoms with Gasteiger partial charge in [-0.05, 0) is 74.7 Å². The van der Waals surface area contributed by atoms with E-state index in [0.29, 0.717) is 34.7 Å². The third-order valence-electron chi connectivity index (χ3n) is 6.92. The molecule has 0 radical (unpaired) electrons. The first-order chi connectivity index (χ1) is 14.4. The summed E-state index contributed by atoms with van der Waals surface area (Å²) in [6.45, 7) is 3.93. The minimum Gasteiger partial charge on any atom is -0.462 e. The van der Waals surface area contributed by atoms with Gasteiger partial charge < -0.3 is 14.8 Å². The number of esters is 2. The molecule has 1 amide bonds. The van der Waals surface area contributed by atoms with Crippen LogP contribution in [0.2, 0.25) is 0 Å². The number of hydrogen-bond acceptors (Lipinski definition) is 6. The molecule has 164 valence electrons. The molecule has 1 aromatic heterocycles. The molecule has 0 unspecified atom stereocenters. The van der Waals surface area contributed by atoms with Gasteiger partial charge in [0.05, 0.1) is 12.2 Å². The molecule has 2 fully saturated rings. The highest BCUT2D eigenvalue weighted by Crippen LogP contribution is 2.49. The summed E-state index contributed by atoms with van der Waals surface area (Å²) in [5.74, 6) is 1.31.